The van der Waals surface area contributed by atoms with Crippen molar-refractivity contribution < 1.29 is 18.4 Å². The van der Waals surface area contributed by atoms with Gasteiger partial charge in [-0.1, -0.05) is 35.3 Å². The average molecular weight is 387 g/mol. The molecule has 0 fully saturated rings. The van der Waals surface area contributed by atoms with Crippen LogP contribution in [0.15, 0.2) is 53.4 Å². The number of amides is 1. The molecule has 6 nitrogen and oxygen atoms in total. The quantitative estimate of drug-likeness (QED) is 0.417. The van der Waals surface area contributed by atoms with Gasteiger partial charge in [-0.3, -0.25) is 14.7 Å². The molecule has 0 saturated carbocycles. The summed E-state index contributed by atoms with van der Waals surface area (Å²) in [5.74, 6) is -0.669. The van der Waals surface area contributed by atoms with Crippen LogP contribution < -0.4 is 10.2 Å². The summed E-state index contributed by atoms with van der Waals surface area (Å²) in [6.45, 7) is 0. The van der Waals surface area contributed by atoms with Crippen LogP contribution in [0.2, 0.25) is 10.0 Å². The van der Waals surface area contributed by atoms with E-state index in [1.54, 1.807) is 12.1 Å². The Kier molecular flexibility index (Phi) is 5.84. The summed E-state index contributed by atoms with van der Waals surface area (Å²) < 4.78 is 27.1. The maximum Gasteiger partial charge on any atom is 0.267 e. The highest BCUT2D eigenvalue weighted by Crippen LogP contribution is 2.26. The topological polar surface area (TPSA) is 95.5 Å². The van der Waals surface area contributed by atoms with Gasteiger partial charge < -0.3 is 0 Å². The van der Waals surface area contributed by atoms with Gasteiger partial charge >= 0.3 is 0 Å². The van der Waals surface area contributed by atoms with Crippen molar-refractivity contribution in [1.82, 2.24) is 5.48 Å². The summed E-state index contributed by atoms with van der Waals surface area (Å²) in [4.78, 5) is 10.8. The highest BCUT2D eigenvalue weighted by Gasteiger charge is 2.18. The summed E-state index contributed by atoms with van der Waals surface area (Å²) in [5.41, 5.74) is 2.43. The van der Waals surface area contributed by atoms with Gasteiger partial charge in [0.2, 0.25) is 0 Å². The fourth-order valence-electron chi connectivity index (χ4n) is 1.77. The zero-order valence-corrected chi connectivity index (χ0v) is 14.4. The number of hydrogen-bond donors (Lipinski definition) is 3. The molecule has 0 radical (unpaired) electrons. The number of carbonyl (C=O) groups excluding carboxylic acids is 1. The molecular weight excluding hydrogens is 375 g/mol. The van der Waals surface area contributed by atoms with E-state index < -0.39 is 15.9 Å². The van der Waals surface area contributed by atoms with Crippen molar-refractivity contribution in [2.24, 2.45) is 0 Å². The lowest BCUT2D eigenvalue weighted by Gasteiger charge is -2.10. The van der Waals surface area contributed by atoms with Gasteiger partial charge in [0.05, 0.1) is 5.02 Å². The van der Waals surface area contributed by atoms with Gasteiger partial charge in [0, 0.05) is 16.8 Å². The van der Waals surface area contributed by atoms with Gasteiger partial charge in [-0.25, -0.2) is 13.9 Å². The number of halogens is 2. The second-order valence-electron chi connectivity index (χ2n) is 4.61. The Labute approximate surface area is 148 Å². The van der Waals surface area contributed by atoms with E-state index in [2.05, 4.69) is 4.72 Å². The zero-order chi connectivity index (χ0) is 17.7. The minimum atomic E-state index is -3.86. The van der Waals surface area contributed by atoms with Crippen LogP contribution in [-0.2, 0) is 14.8 Å². The number of hydroxylamine groups is 1. The number of carbonyl (C=O) groups is 1. The average Bonchev–Trinajstić information content (AvgIpc) is 2.53. The number of hydrogen-bond acceptors (Lipinski definition) is 4. The molecule has 0 aliphatic rings. The number of rotatable bonds is 5. The normalized spacial score (nSPS) is 11.5. The van der Waals surface area contributed by atoms with Crippen molar-refractivity contribution in [2.75, 3.05) is 4.72 Å². The van der Waals surface area contributed by atoms with Gasteiger partial charge in [-0.15, -0.1) is 0 Å². The van der Waals surface area contributed by atoms with Crippen molar-refractivity contribution in [2.45, 2.75) is 4.90 Å². The summed E-state index contributed by atoms with van der Waals surface area (Å²) >= 11 is 11.7. The molecule has 24 heavy (non-hydrogen) atoms. The summed E-state index contributed by atoms with van der Waals surface area (Å²) in [5, 5.41) is 8.74. The standard InChI is InChI=1S/C15H12Cl2N2O4S/c16-11-4-7-14(13(17)9-11)24(22,23)19-12-5-1-10(2-6-12)3-8-15(20)18-21/h1-9,19,21H,(H,18,20). The van der Waals surface area contributed by atoms with E-state index in [0.717, 1.165) is 6.08 Å². The molecule has 0 aliphatic carbocycles. The Morgan fingerprint density at radius 1 is 1.08 bits per heavy atom. The lowest BCUT2D eigenvalue weighted by atomic mass is 10.2. The largest absolute Gasteiger partial charge is 0.288 e. The van der Waals surface area contributed by atoms with E-state index >= 15 is 0 Å². The molecule has 0 atom stereocenters. The van der Waals surface area contributed by atoms with Crippen LogP contribution in [0.25, 0.3) is 6.08 Å². The Morgan fingerprint density at radius 2 is 1.75 bits per heavy atom. The van der Waals surface area contributed by atoms with E-state index in [0.29, 0.717) is 16.3 Å². The zero-order valence-electron chi connectivity index (χ0n) is 12.0. The smallest absolute Gasteiger partial charge is 0.267 e. The maximum absolute atomic E-state index is 12.3. The number of sulfonamides is 1. The van der Waals surface area contributed by atoms with Gasteiger partial charge in [0.15, 0.2) is 0 Å². The maximum atomic E-state index is 12.3. The molecule has 1 amide bonds. The SMILES string of the molecule is O=C(C=Cc1ccc(NS(=O)(=O)c2ccc(Cl)cc2Cl)cc1)NO. The second kappa shape index (κ2) is 7.67. The minimum Gasteiger partial charge on any atom is -0.288 e. The molecule has 9 heteroatoms. The first-order valence-corrected chi connectivity index (χ1v) is 8.76. The van der Waals surface area contributed by atoms with E-state index in [1.165, 1.54) is 41.9 Å². The molecule has 126 valence electrons. The third-order valence-electron chi connectivity index (χ3n) is 2.88. The van der Waals surface area contributed by atoms with Crippen LogP contribution in [-0.4, -0.2) is 19.5 Å². The van der Waals surface area contributed by atoms with Crippen LogP contribution in [0.5, 0.6) is 0 Å². The molecule has 0 aromatic heterocycles. The van der Waals surface area contributed by atoms with E-state index in [-0.39, 0.29) is 9.92 Å². The van der Waals surface area contributed by atoms with Crippen molar-refractivity contribution >= 4 is 50.9 Å². The van der Waals surface area contributed by atoms with Crippen LogP contribution in [0, 0.1) is 0 Å². The molecule has 0 spiro atoms. The number of nitrogens with one attached hydrogen (secondary N) is 2. The van der Waals surface area contributed by atoms with Crippen molar-refractivity contribution in [3.8, 4) is 0 Å². The third-order valence-corrected chi connectivity index (χ3v) is 4.98. The van der Waals surface area contributed by atoms with Gasteiger partial charge in [-0.05, 0) is 42.0 Å². The Bertz CT molecular complexity index is 881. The van der Waals surface area contributed by atoms with Crippen molar-refractivity contribution in [3.63, 3.8) is 0 Å². The monoisotopic (exact) mass is 386 g/mol. The summed E-state index contributed by atoms with van der Waals surface area (Å²) in [6, 6.07) is 10.3. The van der Waals surface area contributed by atoms with E-state index in [9.17, 15) is 13.2 Å². The molecule has 0 bridgehead atoms. The molecule has 3 N–H and O–H groups in total. The highest BCUT2D eigenvalue weighted by molar-refractivity contribution is 7.92. The lowest BCUT2D eigenvalue weighted by Crippen LogP contribution is -2.14. The summed E-state index contributed by atoms with van der Waals surface area (Å²) in [6.07, 6.45) is 2.59. The fraction of sp³-hybridized carbons (Fsp3) is 0. The van der Waals surface area contributed by atoms with Crippen molar-refractivity contribution in [3.05, 3.63) is 64.1 Å². The Hall–Kier alpha value is -2.06. The van der Waals surface area contributed by atoms with Crippen LogP contribution >= 0.6 is 23.2 Å². The van der Waals surface area contributed by atoms with Crippen LogP contribution in [0.1, 0.15) is 5.56 Å². The first-order valence-electron chi connectivity index (χ1n) is 6.52. The molecular formula is C15H12Cl2N2O4S. The van der Waals surface area contributed by atoms with Gasteiger partial charge in [0.1, 0.15) is 4.90 Å². The Morgan fingerprint density at radius 3 is 2.33 bits per heavy atom. The Balaban J connectivity index is 2.18. The van der Waals surface area contributed by atoms with Gasteiger partial charge in [0.25, 0.3) is 15.9 Å². The van der Waals surface area contributed by atoms with Crippen LogP contribution in [0.4, 0.5) is 5.69 Å². The lowest BCUT2D eigenvalue weighted by molar-refractivity contribution is -0.124. The molecule has 2 rings (SSSR count). The molecule has 0 unspecified atom stereocenters. The second-order valence-corrected chi connectivity index (χ2v) is 7.11. The first kappa shape index (κ1) is 18.3. The number of benzene rings is 2. The predicted molar refractivity (Wildman–Crippen MR) is 92.7 cm³/mol. The molecule has 2 aromatic carbocycles. The van der Waals surface area contributed by atoms with E-state index in [4.69, 9.17) is 28.4 Å². The minimum absolute atomic E-state index is 0.0181. The van der Waals surface area contributed by atoms with Gasteiger partial charge in [-0.2, -0.15) is 0 Å². The summed E-state index contributed by atoms with van der Waals surface area (Å²) in [7, 11) is -3.86. The molecule has 0 aliphatic heterocycles. The van der Waals surface area contributed by atoms with Crippen molar-refractivity contribution in [1.29, 1.82) is 0 Å². The molecule has 2 aromatic rings. The number of anilines is 1. The first-order chi connectivity index (χ1) is 11.3. The fourth-order valence-corrected chi connectivity index (χ4v) is 3.61. The highest BCUT2D eigenvalue weighted by atomic mass is 35.5. The molecule has 0 heterocycles. The molecule has 0 saturated heterocycles. The van der Waals surface area contributed by atoms with E-state index in [1.807, 2.05) is 0 Å². The van der Waals surface area contributed by atoms with Crippen LogP contribution in [0.3, 0.4) is 0 Å². The third kappa shape index (κ3) is 4.72. The predicted octanol–water partition coefficient (Wildman–Crippen LogP) is 3.31.